The normalized spacial score (nSPS) is 10.4. The molecule has 0 spiro atoms. The lowest BCUT2D eigenvalue weighted by Gasteiger charge is -2.10. The van der Waals surface area contributed by atoms with Crippen LogP contribution in [0.5, 0.6) is 5.75 Å². The number of carbonyl (C=O) groups excluding carboxylic acids is 3. The maximum absolute atomic E-state index is 11.9. The second-order valence-corrected chi connectivity index (χ2v) is 5.75. The van der Waals surface area contributed by atoms with E-state index in [1.54, 1.807) is 31.2 Å². The summed E-state index contributed by atoms with van der Waals surface area (Å²) in [6, 6.07) is 11.4. The molecule has 0 aliphatic heterocycles. The summed E-state index contributed by atoms with van der Waals surface area (Å²) in [6.07, 6.45) is 1.18. The standard InChI is InChI=1S/C18H16ClN3O5/c1-11-4-2-3-5-14(11)21-17(25)18(26)22-20-9-12-8-13(19)6-7-15(12)27-10-16(23)24/h2-9H,10H2,1H3,(H,21,25)(H,22,26)(H,23,24)/p-1/b20-9-. The van der Waals surface area contributed by atoms with Gasteiger partial charge in [-0.15, -0.1) is 0 Å². The maximum Gasteiger partial charge on any atom is 0.329 e. The lowest BCUT2D eigenvalue weighted by atomic mass is 10.2. The van der Waals surface area contributed by atoms with Crippen LogP contribution in [-0.2, 0) is 14.4 Å². The van der Waals surface area contributed by atoms with Crippen LogP contribution >= 0.6 is 11.6 Å². The van der Waals surface area contributed by atoms with Crippen molar-refractivity contribution >= 4 is 41.3 Å². The number of amides is 2. The van der Waals surface area contributed by atoms with Gasteiger partial charge in [-0.1, -0.05) is 29.8 Å². The molecule has 0 radical (unpaired) electrons. The zero-order valence-electron chi connectivity index (χ0n) is 14.2. The molecule has 9 heteroatoms. The van der Waals surface area contributed by atoms with E-state index in [0.29, 0.717) is 16.3 Å². The van der Waals surface area contributed by atoms with Gasteiger partial charge in [-0.25, -0.2) is 5.43 Å². The number of rotatable bonds is 6. The van der Waals surface area contributed by atoms with Crippen LogP contribution in [0.25, 0.3) is 0 Å². The third kappa shape index (κ3) is 6.12. The van der Waals surface area contributed by atoms with E-state index in [9.17, 15) is 19.5 Å². The van der Waals surface area contributed by atoms with Crippen LogP contribution in [0.15, 0.2) is 47.6 Å². The Balaban J connectivity index is 2.00. The van der Waals surface area contributed by atoms with Gasteiger partial charge in [-0.3, -0.25) is 9.59 Å². The fourth-order valence-electron chi connectivity index (χ4n) is 1.99. The summed E-state index contributed by atoms with van der Waals surface area (Å²) in [7, 11) is 0. The van der Waals surface area contributed by atoms with Crippen molar-refractivity contribution in [3.05, 3.63) is 58.6 Å². The average molecular weight is 389 g/mol. The van der Waals surface area contributed by atoms with E-state index in [-0.39, 0.29) is 5.75 Å². The number of hydrazone groups is 1. The Kier molecular flexibility index (Phi) is 6.90. The zero-order valence-corrected chi connectivity index (χ0v) is 14.9. The number of anilines is 1. The Morgan fingerprint density at radius 1 is 1.19 bits per heavy atom. The molecular weight excluding hydrogens is 374 g/mol. The maximum atomic E-state index is 11.9. The summed E-state index contributed by atoms with van der Waals surface area (Å²) in [4.78, 5) is 34.2. The summed E-state index contributed by atoms with van der Waals surface area (Å²) < 4.78 is 5.05. The first-order valence-electron chi connectivity index (χ1n) is 7.69. The number of carbonyl (C=O) groups is 3. The molecule has 0 fully saturated rings. The Bertz CT molecular complexity index is 898. The van der Waals surface area contributed by atoms with Crippen LogP contribution in [-0.4, -0.2) is 30.6 Å². The number of para-hydroxylation sites is 1. The second-order valence-electron chi connectivity index (χ2n) is 5.31. The number of nitrogens with zero attached hydrogens (tertiary/aromatic N) is 1. The van der Waals surface area contributed by atoms with Crippen LogP contribution in [0.3, 0.4) is 0 Å². The molecule has 0 aliphatic rings. The number of halogens is 1. The van der Waals surface area contributed by atoms with E-state index in [2.05, 4.69) is 15.8 Å². The summed E-state index contributed by atoms with van der Waals surface area (Å²) >= 11 is 5.88. The highest BCUT2D eigenvalue weighted by molar-refractivity contribution is 6.39. The van der Waals surface area contributed by atoms with Crippen molar-refractivity contribution < 1.29 is 24.2 Å². The Hall–Kier alpha value is -3.39. The third-order valence-corrected chi connectivity index (χ3v) is 3.52. The number of carboxylic acids is 1. The number of aryl methyl sites for hydroxylation is 1. The number of hydrogen-bond acceptors (Lipinski definition) is 6. The summed E-state index contributed by atoms with van der Waals surface area (Å²) in [5.41, 5.74) is 3.69. The minimum Gasteiger partial charge on any atom is -0.546 e. The summed E-state index contributed by atoms with van der Waals surface area (Å²) in [5.74, 6) is -3.09. The van der Waals surface area contributed by atoms with Gasteiger partial charge in [0.15, 0.2) is 0 Å². The molecule has 140 valence electrons. The van der Waals surface area contributed by atoms with Gasteiger partial charge >= 0.3 is 11.8 Å². The molecule has 27 heavy (non-hydrogen) atoms. The molecule has 2 aromatic rings. The predicted octanol–water partition coefficient (Wildman–Crippen LogP) is 0.866. The predicted molar refractivity (Wildman–Crippen MR) is 97.5 cm³/mol. The van der Waals surface area contributed by atoms with Gasteiger partial charge in [-0.05, 0) is 36.8 Å². The van der Waals surface area contributed by atoms with E-state index >= 15 is 0 Å². The molecular formula is C18H15ClN3O5-. The fraction of sp³-hybridized carbons (Fsp3) is 0.111. The van der Waals surface area contributed by atoms with Crippen molar-refractivity contribution in [1.29, 1.82) is 0 Å². The van der Waals surface area contributed by atoms with Gasteiger partial charge in [-0.2, -0.15) is 5.10 Å². The monoisotopic (exact) mass is 388 g/mol. The van der Waals surface area contributed by atoms with Gasteiger partial charge in [0.1, 0.15) is 12.4 Å². The molecule has 0 saturated carbocycles. The molecule has 0 aromatic heterocycles. The van der Waals surface area contributed by atoms with E-state index in [0.717, 1.165) is 5.56 Å². The Morgan fingerprint density at radius 3 is 2.63 bits per heavy atom. The molecule has 0 bridgehead atoms. The Morgan fingerprint density at radius 2 is 1.93 bits per heavy atom. The van der Waals surface area contributed by atoms with Crippen molar-refractivity contribution in [2.75, 3.05) is 11.9 Å². The van der Waals surface area contributed by atoms with E-state index in [1.165, 1.54) is 24.4 Å². The molecule has 2 N–H and O–H groups in total. The molecule has 2 rings (SSSR count). The first-order valence-corrected chi connectivity index (χ1v) is 8.07. The molecule has 0 atom stereocenters. The van der Waals surface area contributed by atoms with Crippen molar-refractivity contribution in [2.45, 2.75) is 6.92 Å². The van der Waals surface area contributed by atoms with Crippen LogP contribution in [0.2, 0.25) is 5.02 Å². The largest absolute Gasteiger partial charge is 0.546 e. The molecule has 8 nitrogen and oxygen atoms in total. The van der Waals surface area contributed by atoms with Gasteiger partial charge in [0, 0.05) is 16.3 Å². The molecule has 0 saturated heterocycles. The smallest absolute Gasteiger partial charge is 0.329 e. The van der Waals surface area contributed by atoms with Crippen molar-refractivity contribution in [1.82, 2.24) is 5.43 Å². The minimum atomic E-state index is -1.39. The van der Waals surface area contributed by atoms with Crippen LogP contribution in [0.4, 0.5) is 5.69 Å². The van der Waals surface area contributed by atoms with Crippen molar-refractivity contribution in [3.8, 4) is 5.75 Å². The Labute approximate surface area is 159 Å². The highest BCUT2D eigenvalue weighted by atomic mass is 35.5. The highest BCUT2D eigenvalue weighted by Crippen LogP contribution is 2.21. The lowest BCUT2D eigenvalue weighted by Crippen LogP contribution is -2.32. The molecule has 2 aromatic carbocycles. The van der Waals surface area contributed by atoms with E-state index < -0.39 is 24.4 Å². The van der Waals surface area contributed by atoms with Gasteiger partial charge < -0.3 is 20.0 Å². The number of hydrogen-bond donors (Lipinski definition) is 2. The molecule has 0 heterocycles. The first kappa shape index (κ1) is 19.9. The fourth-order valence-corrected chi connectivity index (χ4v) is 2.17. The highest BCUT2D eigenvalue weighted by Gasteiger charge is 2.13. The van der Waals surface area contributed by atoms with Crippen LogP contribution in [0, 0.1) is 6.92 Å². The topological polar surface area (TPSA) is 120 Å². The quantitative estimate of drug-likeness (QED) is 0.432. The summed E-state index contributed by atoms with van der Waals surface area (Å²) in [6.45, 7) is 1.13. The minimum absolute atomic E-state index is 0.172. The summed E-state index contributed by atoms with van der Waals surface area (Å²) in [5, 5.41) is 17.0. The number of carboxylic acid groups (broad SMARTS) is 1. The van der Waals surface area contributed by atoms with Crippen molar-refractivity contribution in [3.63, 3.8) is 0 Å². The molecule has 0 aliphatic carbocycles. The second kappa shape index (κ2) is 9.35. The molecule has 0 unspecified atom stereocenters. The molecule has 2 amide bonds. The number of benzene rings is 2. The van der Waals surface area contributed by atoms with Gasteiger partial charge in [0.2, 0.25) is 0 Å². The lowest BCUT2D eigenvalue weighted by molar-refractivity contribution is -0.307. The number of aliphatic carboxylic acids is 1. The number of ether oxygens (including phenoxy) is 1. The number of nitrogens with one attached hydrogen (secondary N) is 2. The van der Waals surface area contributed by atoms with Crippen LogP contribution < -0.4 is 20.6 Å². The SMILES string of the molecule is Cc1ccccc1NC(=O)C(=O)N/N=C\c1cc(Cl)ccc1OCC(=O)[O-]. The average Bonchev–Trinajstić information content (AvgIpc) is 2.62. The van der Waals surface area contributed by atoms with Crippen molar-refractivity contribution in [2.24, 2.45) is 5.10 Å². The first-order chi connectivity index (χ1) is 12.9. The third-order valence-electron chi connectivity index (χ3n) is 3.29. The van der Waals surface area contributed by atoms with E-state index in [1.807, 2.05) is 0 Å². The van der Waals surface area contributed by atoms with Gasteiger partial charge in [0.05, 0.1) is 12.2 Å². The van der Waals surface area contributed by atoms with E-state index in [4.69, 9.17) is 16.3 Å². The van der Waals surface area contributed by atoms with Gasteiger partial charge in [0.25, 0.3) is 0 Å². The van der Waals surface area contributed by atoms with Crippen LogP contribution in [0.1, 0.15) is 11.1 Å². The zero-order chi connectivity index (χ0) is 19.8.